The van der Waals surface area contributed by atoms with E-state index in [1.54, 1.807) is 0 Å². The highest BCUT2D eigenvalue weighted by Gasteiger charge is 2.36. The number of hydrogen-bond acceptors (Lipinski definition) is 3. The Hall–Kier alpha value is -0.840. The van der Waals surface area contributed by atoms with E-state index in [0.717, 1.165) is 23.7 Å². The van der Waals surface area contributed by atoms with E-state index in [0.29, 0.717) is 6.04 Å². The first kappa shape index (κ1) is 14.7. The van der Waals surface area contributed by atoms with Crippen LogP contribution in [-0.4, -0.2) is 49.8 Å². The van der Waals surface area contributed by atoms with Crippen LogP contribution in [0.25, 0.3) is 5.57 Å². The zero-order valence-corrected chi connectivity index (χ0v) is 14.1. The summed E-state index contributed by atoms with van der Waals surface area (Å²) in [5, 5.41) is 8.50. The molecule has 1 aromatic rings. The lowest BCUT2D eigenvalue weighted by Crippen LogP contribution is -2.48. The van der Waals surface area contributed by atoms with E-state index >= 15 is 0 Å². The molecule has 1 aliphatic carbocycles. The van der Waals surface area contributed by atoms with Crippen molar-refractivity contribution in [3.63, 3.8) is 0 Å². The number of hydrogen-bond donors (Lipinski definition) is 0. The second kappa shape index (κ2) is 5.36. The standard InChI is InChI=1S/C16H20Cl2N4/c1-16(18)5-2-12(8-15(16)17)13-9-22(20-19-13)14-10-21-6-3-11(14)4-7-21/h2,5,8-9,11,14-15H,3-4,6-7,10H2,1H3/t14-,15?,16?/m0/s1. The molecule has 0 amide bonds. The topological polar surface area (TPSA) is 34.0 Å². The van der Waals surface area contributed by atoms with E-state index in [2.05, 4.69) is 26.1 Å². The van der Waals surface area contributed by atoms with Crippen molar-refractivity contribution in [1.82, 2.24) is 19.9 Å². The van der Waals surface area contributed by atoms with Crippen LogP contribution in [0.2, 0.25) is 0 Å². The number of alkyl halides is 2. The second-order valence-corrected chi connectivity index (χ2v) is 8.08. The molecule has 22 heavy (non-hydrogen) atoms. The summed E-state index contributed by atoms with van der Waals surface area (Å²) in [6.07, 6.45) is 10.5. The van der Waals surface area contributed by atoms with Gasteiger partial charge >= 0.3 is 0 Å². The number of allylic oxidation sites excluding steroid dienone is 4. The SMILES string of the molecule is CC1(Cl)C=CC(c2cn([C@H]3CN4CCC3CC4)nn2)=CC1Cl. The summed E-state index contributed by atoms with van der Waals surface area (Å²) >= 11 is 12.7. The van der Waals surface area contributed by atoms with Gasteiger partial charge in [0.15, 0.2) is 0 Å². The molecule has 0 radical (unpaired) electrons. The smallest absolute Gasteiger partial charge is 0.112 e. The van der Waals surface area contributed by atoms with Crippen LogP contribution in [-0.2, 0) is 0 Å². The maximum atomic E-state index is 6.34. The summed E-state index contributed by atoms with van der Waals surface area (Å²) in [6, 6.07) is 0.460. The first-order valence-electron chi connectivity index (χ1n) is 7.91. The Balaban J connectivity index is 1.57. The van der Waals surface area contributed by atoms with Crippen LogP contribution >= 0.6 is 23.2 Å². The fraction of sp³-hybridized carbons (Fsp3) is 0.625. The molecule has 4 nitrogen and oxygen atoms in total. The predicted molar refractivity (Wildman–Crippen MR) is 89.2 cm³/mol. The van der Waals surface area contributed by atoms with Gasteiger partial charge in [-0.3, -0.25) is 0 Å². The Morgan fingerprint density at radius 2 is 2.09 bits per heavy atom. The van der Waals surface area contributed by atoms with Gasteiger partial charge in [-0.15, -0.1) is 28.3 Å². The van der Waals surface area contributed by atoms with Crippen molar-refractivity contribution in [2.24, 2.45) is 5.92 Å². The minimum Gasteiger partial charge on any atom is -0.301 e. The van der Waals surface area contributed by atoms with Crippen LogP contribution in [0, 0.1) is 5.92 Å². The van der Waals surface area contributed by atoms with E-state index in [-0.39, 0.29) is 5.38 Å². The van der Waals surface area contributed by atoms with Gasteiger partial charge in [0.05, 0.1) is 22.5 Å². The highest BCUT2D eigenvalue weighted by molar-refractivity contribution is 6.34. The van der Waals surface area contributed by atoms with Crippen molar-refractivity contribution in [2.75, 3.05) is 19.6 Å². The molecule has 0 spiro atoms. The monoisotopic (exact) mass is 338 g/mol. The van der Waals surface area contributed by atoms with Gasteiger partial charge < -0.3 is 4.90 Å². The van der Waals surface area contributed by atoms with Crippen LogP contribution in [0.15, 0.2) is 24.4 Å². The summed E-state index contributed by atoms with van der Waals surface area (Å²) in [6.45, 7) is 5.48. The summed E-state index contributed by atoms with van der Waals surface area (Å²) in [5.74, 6) is 0.738. The number of fused-ring (bicyclic) bond motifs is 3. The Morgan fingerprint density at radius 3 is 2.73 bits per heavy atom. The van der Waals surface area contributed by atoms with E-state index in [4.69, 9.17) is 23.2 Å². The van der Waals surface area contributed by atoms with Crippen molar-refractivity contribution >= 4 is 28.8 Å². The van der Waals surface area contributed by atoms with Gasteiger partial charge in [-0.05, 0) is 38.8 Å². The lowest BCUT2D eigenvalue weighted by atomic mass is 9.84. The third-order valence-electron chi connectivity index (χ3n) is 5.22. The lowest BCUT2D eigenvalue weighted by molar-refractivity contribution is 0.0504. The van der Waals surface area contributed by atoms with Gasteiger partial charge in [0.25, 0.3) is 0 Å². The molecule has 0 saturated carbocycles. The van der Waals surface area contributed by atoms with E-state index in [1.807, 2.05) is 25.2 Å². The van der Waals surface area contributed by atoms with Crippen molar-refractivity contribution in [1.29, 1.82) is 0 Å². The fourth-order valence-corrected chi connectivity index (χ4v) is 4.03. The highest BCUT2D eigenvalue weighted by Crippen LogP contribution is 2.37. The van der Waals surface area contributed by atoms with Gasteiger partial charge in [0.1, 0.15) is 5.69 Å². The summed E-state index contributed by atoms with van der Waals surface area (Å²) in [5.41, 5.74) is 1.89. The molecular formula is C16H20Cl2N4. The molecule has 4 aliphatic rings. The van der Waals surface area contributed by atoms with Crippen molar-refractivity contribution < 1.29 is 0 Å². The van der Waals surface area contributed by atoms with Gasteiger partial charge in [0.2, 0.25) is 0 Å². The molecular weight excluding hydrogens is 319 g/mol. The molecule has 3 fully saturated rings. The Labute approximate surface area is 140 Å². The molecule has 0 N–H and O–H groups in total. The van der Waals surface area contributed by atoms with Gasteiger partial charge in [-0.1, -0.05) is 23.4 Å². The average Bonchev–Trinajstić information content (AvgIpc) is 3.01. The fourth-order valence-electron chi connectivity index (χ4n) is 3.70. The number of rotatable bonds is 2. The normalized spacial score (nSPS) is 40.8. The molecule has 2 bridgehead atoms. The van der Waals surface area contributed by atoms with Gasteiger partial charge in [-0.2, -0.15) is 0 Å². The first-order valence-corrected chi connectivity index (χ1v) is 8.73. The van der Waals surface area contributed by atoms with Crippen LogP contribution in [0.3, 0.4) is 0 Å². The minimum atomic E-state index is -0.531. The number of halogens is 2. The maximum absolute atomic E-state index is 6.34. The average molecular weight is 339 g/mol. The van der Waals surface area contributed by atoms with Crippen LogP contribution in [0.5, 0.6) is 0 Å². The van der Waals surface area contributed by atoms with Crippen molar-refractivity contribution in [3.05, 3.63) is 30.1 Å². The quantitative estimate of drug-likeness (QED) is 0.777. The molecule has 3 aliphatic heterocycles. The molecule has 3 atom stereocenters. The van der Waals surface area contributed by atoms with E-state index in [9.17, 15) is 0 Å². The molecule has 1 aromatic heterocycles. The van der Waals surface area contributed by atoms with Crippen LogP contribution in [0.1, 0.15) is 31.5 Å². The predicted octanol–water partition coefficient (Wildman–Crippen LogP) is 3.10. The Kier molecular flexibility index (Phi) is 3.59. The largest absolute Gasteiger partial charge is 0.301 e. The van der Waals surface area contributed by atoms with Crippen molar-refractivity contribution in [2.45, 2.75) is 36.1 Å². The molecule has 118 valence electrons. The molecule has 5 rings (SSSR count). The third-order valence-corrected chi connectivity index (χ3v) is 6.27. The van der Waals surface area contributed by atoms with Gasteiger partial charge in [0, 0.05) is 12.1 Å². The van der Waals surface area contributed by atoms with Gasteiger partial charge in [-0.25, -0.2) is 4.68 Å². The first-order chi connectivity index (χ1) is 10.5. The minimum absolute atomic E-state index is 0.240. The van der Waals surface area contributed by atoms with Crippen LogP contribution < -0.4 is 0 Å². The number of piperidine rings is 3. The zero-order chi connectivity index (χ0) is 15.3. The molecule has 4 heterocycles. The van der Waals surface area contributed by atoms with Crippen molar-refractivity contribution in [3.8, 4) is 0 Å². The van der Waals surface area contributed by atoms with E-state index < -0.39 is 4.87 Å². The maximum Gasteiger partial charge on any atom is 0.112 e. The summed E-state index contributed by atoms with van der Waals surface area (Å²) in [4.78, 5) is 2.00. The highest BCUT2D eigenvalue weighted by atomic mass is 35.5. The zero-order valence-electron chi connectivity index (χ0n) is 12.6. The molecule has 6 heteroatoms. The molecule has 3 saturated heterocycles. The second-order valence-electron chi connectivity index (χ2n) is 6.80. The Bertz CT molecular complexity index is 626. The van der Waals surface area contributed by atoms with Crippen LogP contribution in [0.4, 0.5) is 0 Å². The molecule has 2 unspecified atom stereocenters. The number of aromatic nitrogens is 3. The van der Waals surface area contributed by atoms with E-state index in [1.165, 1.54) is 25.9 Å². The third kappa shape index (κ3) is 2.51. The summed E-state index contributed by atoms with van der Waals surface area (Å²) in [7, 11) is 0. The lowest BCUT2D eigenvalue weighted by Gasteiger charge is -2.44. The summed E-state index contributed by atoms with van der Waals surface area (Å²) < 4.78 is 2.05. The number of nitrogens with zero attached hydrogens (tertiary/aromatic N) is 4. The Morgan fingerprint density at radius 1 is 1.32 bits per heavy atom. The molecule has 0 aromatic carbocycles.